The van der Waals surface area contributed by atoms with E-state index in [-0.39, 0.29) is 6.04 Å². The topological polar surface area (TPSA) is 51.8 Å². The minimum atomic E-state index is -0.00661. The molecule has 1 aliphatic carbocycles. The maximum Gasteiger partial charge on any atom is 0.125 e. The predicted molar refractivity (Wildman–Crippen MR) is 80.4 cm³/mol. The lowest BCUT2D eigenvalue weighted by molar-refractivity contribution is 0.470. The van der Waals surface area contributed by atoms with Gasteiger partial charge in [-0.1, -0.05) is 24.3 Å². The van der Waals surface area contributed by atoms with Gasteiger partial charge in [0.2, 0.25) is 0 Å². The number of benzene rings is 1. The van der Waals surface area contributed by atoms with Gasteiger partial charge in [-0.05, 0) is 55.7 Å². The van der Waals surface area contributed by atoms with Crippen LogP contribution in [-0.2, 0) is 6.42 Å². The molecule has 0 amide bonds. The van der Waals surface area contributed by atoms with Crippen LogP contribution in [0.15, 0.2) is 36.5 Å². The zero-order valence-corrected chi connectivity index (χ0v) is 11.9. The Labute approximate surface area is 120 Å². The van der Waals surface area contributed by atoms with Crippen molar-refractivity contribution < 1.29 is 0 Å². The van der Waals surface area contributed by atoms with Crippen LogP contribution in [0.3, 0.4) is 0 Å². The van der Waals surface area contributed by atoms with E-state index in [2.05, 4.69) is 34.2 Å². The average molecular weight is 267 g/mol. The van der Waals surface area contributed by atoms with Crippen molar-refractivity contribution in [1.29, 1.82) is 0 Å². The van der Waals surface area contributed by atoms with E-state index in [0.29, 0.717) is 5.92 Å². The smallest absolute Gasteiger partial charge is 0.125 e. The Kier molecular flexibility index (Phi) is 3.79. The third kappa shape index (κ3) is 2.73. The Morgan fingerprint density at radius 1 is 1.30 bits per heavy atom. The van der Waals surface area contributed by atoms with Gasteiger partial charge in [0, 0.05) is 12.2 Å². The Hall–Kier alpha value is -1.74. The molecule has 104 valence electrons. The second kappa shape index (κ2) is 5.71. The summed E-state index contributed by atoms with van der Waals surface area (Å²) in [5.41, 5.74) is 10.3. The summed E-state index contributed by atoms with van der Waals surface area (Å²) in [4.78, 5) is 8.60. The van der Waals surface area contributed by atoms with E-state index in [9.17, 15) is 0 Å². The van der Waals surface area contributed by atoms with Crippen LogP contribution in [0.2, 0.25) is 0 Å². The lowest BCUT2D eigenvalue weighted by Crippen LogP contribution is -2.19. The summed E-state index contributed by atoms with van der Waals surface area (Å²) in [6.45, 7) is 1.91. The molecule has 0 radical (unpaired) electrons. The fourth-order valence-electron chi connectivity index (χ4n) is 3.21. The third-order valence-electron chi connectivity index (χ3n) is 4.21. The van der Waals surface area contributed by atoms with Crippen molar-refractivity contribution in [3.63, 3.8) is 0 Å². The zero-order valence-electron chi connectivity index (χ0n) is 11.9. The highest BCUT2D eigenvalue weighted by atomic mass is 14.9. The van der Waals surface area contributed by atoms with Crippen molar-refractivity contribution in [2.75, 3.05) is 0 Å². The highest BCUT2D eigenvalue weighted by molar-refractivity contribution is 5.33. The molecule has 0 bridgehead atoms. The Morgan fingerprint density at radius 2 is 2.15 bits per heavy atom. The van der Waals surface area contributed by atoms with E-state index in [1.54, 1.807) is 6.20 Å². The van der Waals surface area contributed by atoms with Crippen LogP contribution in [-0.4, -0.2) is 9.97 Å². The number of rotatable bonds is 3. The number of hydrogen-bond acceptors (Lipinski definition) is 3. The lowest BCUT2D eigenvalue weighted by Gasteiger charge is -2.27. The van der Waals surface area contributed by atoms with Crippen molar-refractivity contribution in [3.05, 3.63) is 59.2 Å². The molecule has 3 heteroatoms. The average Bonchev–Trinajstić information content (AvgIpc) is 2.47. The van der Waals surface area contributed by atoms with Gasteiger partial charge in [-0.3, -0.25) is 0 Å². The summed E-state index contributed by atoms with van der Waals surface area (Å²) in [5, 5.41) is 0. The monoisotopic (exact) mass is 267 g/mol. The molecule has 1 aliphatic rings. The largest absolute Gasteiger partial charge is 0.323 e. The van der Waals surface area contributed by atoms with Crippen molar-refractivity contribution in [2.45, 2.75) is 44.6 Å². The number of nitrogens with two attached hydrogens (primary N) is 1. The maximum absolute atomic E-state index is 6.36. The van der Waals surface area contributed by atoms with Gasteiger partial charge in [0.05, 0.1) is 5.69 Å². The molecule has 2 N–H and O–H groups in total. The van der Waals surface area contributed by atoms with Gasteiger partial charge >= 0.3 is 0 Å². The molecule has 3 rings (SSSR count). The van der Waals surface area contributed by atoms with Crippen LogP contribution in [0.25, 0.3) is 0 Å². The molecule has 0 fully saturated rings. The first-order chi connectivity index (χ1) is 9.74. The van der Waals surface area contributed by atoms with Gasteiger partial charge in [-0.2, -0.15) is 0 Å². The summed E-state index contributed by atoms with van der Waals surface area (Å²) in [6, 6.07) is 10.7. The molecule has 1 aromatic heterocycles. The second-order valence-electron chi connectivity index (χ2n) is 5.66. The summed E-state index contributed by atoms with van der Waals surface area (Å²) in [7, 11) is 0. The first-order valence-electron chi connectivity index (χ1n) is 7.37. The van der Waals surface area contributed by atoms with Crippen LogP contribution in [0.4, 0.5) is 0 Å². The SMILES string of the molecule is Cc1nccc(C(N)CC2CCCc3ccccc32)n1. The van der Waals surface area contributed by atoms with Crippen molar-refractivity contribution in [3.8, 4) is 0 Å². The third-order valence-corrected chi connectivity index (χ3v) is 4.21. The molecule has 3 nitrogen and oxygen atoms in total. The van der Waals surface area contributed by atoms with E-state index in [1.807, 2.05) is 13.0 Å². The van der Waals surface area contributed by atoms with E-state index >= 15 is 0 Å². The summed E-state index contributed by atoms with van der Waals surface area (Å²) >= 11 is 0. The molecule has 20 heavy (non-hydrogen) atoms. The number of nitrogens with zero attached hydrogens (tertiary/aromatic N) is 2. The van der Waals surface area contributed by atoms with Crippen molar-refractivity contribution >= 4 is 0 Å². The van der Waals surface area contributed by atoms with E-state index in [0.717, 1.165) is 17.9 Å². The van der Waals surface area contributed by atoms with Gasteiger partial charge in [0.15, 0.2) is 0 Å². The van der Waals surface area contributed by atoms with Crippen LogP contribution in [0, 0.1) is 6.92 Å². The first kappa shape index (κ1) is 13.3. The molecule has 0 saturated heterocycles. The molecule has 2 aromatic rings. The van der Waals surface area contributed by atoms with Crippen LogP contribution >= 0.6 is 0 Å². The highest BCUT2D eigenvalue weighted by Crippen LogP contribution is 2.36. The van der Waals surface area contributed by atoms with Crippen LogP contribution in [0.5, 0.6) is 0 Å². The number of aryl methyl sites for hydroxylation is 2. The molecular formula is C17H21N3. The van der Waals surface area contributed by atoms with E-state index in [4.69, 9.17) is 5.73 Å². The molecule has 0 spiro atoms. The minimum absolute atomic E-state index is 0.00661. The second-order valence-corrected chi connectivity index (χ2v) is 5.66. The number of fused-ring (bicyclic) bond motifs is 1. The maximum atomic E-state index is 6.36. The number of aromatic nitrogens is 2. The Balaban J connectivity index is 1.79. The van der Waals surface area contributed by atoms with Crippen molar-refractivity contribution in [1.82, 2.24) is 9.97 Å². The molecule has 0 saturated carbocycles. The predicted octanol–water partition coefficient (Wildman–Crippen LogP) is 3.30. The molecule has 0 aliphatic heterocycles. The molecular weight excluding hydrogens is 246 g/mol. The van der Waals surface area contributed by atoms with Crippen LogP contribution in [0.1, 0.15) is 53.9 Å². The minimum Gasteiger partial charge on any atom is -0.323 e. The van der Waals surface area contributed by atoms with E-state index < -0.39 is 0 Å². The standard InChI is InChI=1S/C17H21N3/c1-12-19-10-9-17(20-12)16(18)11-14-7-4-6-13-5-2-3-8-15(13)14/h2-3,5,8-10,14,16H,4,6-7,11,18H2,1H3. The Bertz CT molecular complexity index is 594. The first-order valence-corrected chi connectivity index (χ1v) is 7.37. The summed E-state index contributed by atoms with van der Waals surface area (Å²) in [6.07, 6.45) is 6.46. The molecule has 2 unspecified atom stereocenters. The summed E-state index contributed by atoms with van der Waals surface area (Å²) in [5.74, 6) is 1.35. The lowest BCUT2D eigenvalue weighted by atomic mass is 9.79. The fourth-order valence-corrected chi connectivity index (χ4v) is 3.21. The van der Waals surface area contributed by atoms with Gasteiger partial charge in [0.25, 0.3) is 0 Å². The molecule has 2 atom stereocenters. The Morgan fingerprint density at radius 3 is 3.00 bits per heavy atom. The van der Waals surface area contributed by atoms with Crippen LogP contribution < -0.4 is 5.73 Å². The van der Waals surface area contributed by atoms with Gasteiger partial charge in [0.1, 0.15) is 5.82 Å². The van der Waals surface area contributed by atoms with Gasteiger partial charge < -0.3 is 5.73 Å². The van der Waals surface area contributed by atoms with Crippen molar-refractivity contribution in [2.24, 2.45) is 5.73 Å². The fraction of sp³-hybridized carbons (Fsp3) is 0.412. The quantitative estimate of drug-likeness (QED) is 0.928. The molecule has 1 aromatic carbocycles. The van der Waals surface area contributed by atoms with Gasteiger partial charge in [-0.15, -0.1) is 0 Å². The zero-order chi connectivity index (χ0) is 13.9. The summed E-state index contributed by atoms with van der Waals surface area (Å²) < 4.78 is 0. The number of hydrogen-bond donors (Lipinski definition) is 1. The normalized spacial score (nSPS) is 19.4. The highest BCUT2D eigenvalue weighted by Gasteiger charge is 2.23. The molecule has 1 heterocycles. The van der Waals surface area contributed by atoms with E-state index in [1.165, 1.54) is 30.4 Å². The van der Waals surface area contributed by atoms with Gasteiger partial charge in [-0.25, -0.2) is 9.97 Å².